The van der Waals surface area contributed by atoms with Gasteiger partial charge in [0, 0.05) is 19.5 Å². The first kappa shape index (κ1) is 16.0. The highest BCUT2D eigenvalue weighted by Crippen LogP contribution is 2.36. The van der Waals surface area contributed by atoms with E-state index in [0.717, 1.165) is 38.5 Å². The predicted molar refractivity (Wildman–Crippen MR) is 73.7 cm³/mol. The van der Waals surface area contributed by atoms with Crippen molar-refractivity contribution in [3.05, 3.63) is 0 Å². The minimum atomic E-state index is -0.832. The van der Waals surface area contributed by atoms with Gasteiger partial charge >= 0.3 is 5.97 Å². The van der Waals surface area contributed by atoms with Crippen LogP contribution in [0.15, 0.2) is 0 Å². The van der Waals surface area contributed by atoms with Crippen molar-refractivity contribution in [3.8, 4) is 0 Å². The first-order valence-electron chi connectivity index (χ1n) is 7.15. The molecule has 5 nitrogen and oxygen atoms in total. The van der Waals surface area contributed by atoms with Gasteiger partial charge < -0.3 is 15.7 Å². The quantitative estimate of drug-likeness (QED) is 0.770. The molecule has 1 unspecified atom stereocenters. The first-order chi connectivity index (χ1) is 8.91. The monoisotopic (exact) mass is 270 g/mol. The lowest BCUT2D eigenvalue weighted by molar-refractivity contribution is -0.146. The number of nitrogens with two attached hydrogens (primary N) is 1. The third-order valence-electron chi connectivity index (χ3n) is 4.31. The molecule has 3 N–H and O–H groups in total. The fourth-order valence-electron chi connectivity index (χ4n) is 2.89. The molecule has 0 aromatic heterocycles. The van der Waals surface area contributed by atoms with E-state index < -0.39 is 11.5 Å². The Balaban J connectivity index is 2.78. The van der Waals surface area contributed by atoms with Gasteiger partial charge in [0.2, 0.25) is 5.91 Å². The van der Waals surface area contributed by atoms with E-state index in [0.29, 0.717) is 6.42 Å². The van der Waals surface area contributed by atoms with E-state index in [1.54, 1.807) is 11.9 Å². The van der Waals surface area contributed by atoms with Crippen LogP contribution < -0.4 is 5.73 Å². The zero-order valence-corrected chi connectivity index (χ0v) is 12.0. The molecule has 1 rings (SSSR count). The Morgan fingerprint density at radius 1 is 1.32 bits per heavy atom. The van der Waals surface area contributed by atoms with E-state index in [1.165, 1.54) is 0 Å². The number of nitrogens with zero attached hydrogens (tertiary/aromatic N) is 1. The van der Waals surface area contributed by atoms with Gasteiger partial charge in [0.15, 0.2) is 0 Å². The molecule has 19 heavy (non-hydrogen) atoms. The number of carbonyl (C=O) groups is 2. The summed E-state index contributed by atoms with van der Waals surface area (Å²) in [5.74, 6) is -0.862. The lowest BCUT2D eigenvalue weighted by Crippen LogP contribution is -2.52. The van der Waals surface area contributed by atoms with Gasteiger partial charge in [-0.15, -0.1) is 0 Å². The molecule has 0 saturated heterocycles. The van der Waals surface area contributed by atoms with Crippen molar-refractivity contribution in [2.24, 2.45) is 5.73 Å². The second-order valence-corrected chi connectivity index (χ2v) is 5.68. The summed E-state index contributed by atoms with van der Waals surface area (Å²) in [6.07, 6.45) is 5.76. The van der Waals surface area contributed by atoms with Crippen LogP contribution >= 0.6 is 0 Å². The Bertz CT molecular complexity index is 325. The molecule has 0 radical (unpaired) electrons. The average molecular weight is 270 g/mol. The van der Waals surface area contributed by atoms with Crippen molar-refractivity contribution in [3.63, 3.8) is 0 Å². The lowest BCUT2D eigenvalue weighted by Gasteiger charge is -2.44. The molecule has 1 fully saturated rings. The summed E-state index contributed by atoms with van der Waals surface area (Å²) in [6, 6.07) is -0.139. The van der Waals surface area contributed by atoms with Crippen LogP contribution in [0.2, 0.25) is 0 Å². The first-order valence-corrected chi connectivity index (χ1v) is 7.15. The van der Waals surface area contributed by atoms with E-state index >= 15 is 0 Å². The molecule has 1 atom stereocenters. The van der Waals surface area contributed by atoms with Crippen LogP contribution in [0.5, 0.6) is 0 Å². The molecule has 1 aliphatic rings. The van der Waals surface area contributed by atoms with Crippen molar-refractivity contribution in [1.29, 1.82) is 0 Å². The molecule has 5 heteroatoms. The van der Waals surface area contributed by atoms with Crippen molar-refractivity contribution in [2.75, 3.05) is 7.05 Å². The summed E-state index contributed by atoms with van der Waals surface area (Å²) >= 11 is 0. The van der Waals surface area contributed by atoms with E-state index in [4.69, 9.17) is 10.8 Å². The molecule has 0 aliphatic heterocycles. The summed E-state index contributed by atoms with van der Waals surface area (Å²) in [7, 11) is 1.74. The number of carboxylic acid groups (broad SMARTS) is 1. The SMILES string of the molecule is CCC(N)CC(=O)N(C)C1(CC(=O)O)CCCCC1. The normalized spacial score (nSPS) is 19.7. The van der Waals surface area contributed by atoms with Crippen molar-refractivity contribution >= 4 is 11.9 Å². The Morgan fingerprint density at radius 2 is 1.89 bits per heavy atom. The minimum Gasteiger partial charge on any atom is -0.481 e. The zero-order chi connectivity index (χ0) is 14.5. The summed E-state index contributed by atoms with van der Waals surface area (Å²) in [5.41, 5.74) is 5.32. The van der Waals surface area contributed by atoms with Crippen LogP contribution in [0, 0.1) is 0 Å². The van der Waals surface area contributed by atoms with Crippen molar-refractivity contribution in [2.45, 2.75) is 69.9 Å². The van der Waals surface area contributed by atoms with E-state index in [-0.39, 0.29) is 18.4 Å². The van der Waals surface area contributed by atoms with Gasteiger partial charge in [0.25, 0.3) is 0 Å². The molecule has 1 amide bonds. The maximum atomic E-state index is 12.3. The van der Waals surface area contributed by atoms with Gasteiger partial charge in [0.05, 0.1) is 12.0 Å². The average Bonchev–Trinajstić information content (AvgIpc) is 2.37. The molecule has 0 spiro atoms. The highest BCUT2D eigenvalue weighted by atomic mass is 16.4. The van der Waals surface area contributed by atoms with Crippen LogP contribution in [0.4, 0.5) is 0 Å². The summed E-state index contributed by atoms with van der Waals surface area (Å²) in [4.78, 5) is 25.0. The Morgan fingerprint density at radius 3 is 2.37 bits per heavy atom. The Labute approximate surface area is 115 Å². The topological polar surface area (TPSA) is 83.6 Å². The molecule has 1 aliphatic carbocycles. The minimum absolute atomic E-state index is 0.0301. The molecular formula is C14H26N2O3. The van der Waals surface area contributed by atoms with Gasteiger partial charge in [-0.05, 0) is 19.3 Å². The molecular weight excluding hydrogens is 244 g/mol. The molecule has 0 bridgehead atoms. The third kappa shape index (κ3) is 4.20. The predicted octanol–water partition coefficient (Wildman–Crippen LogP) is 1.75. The largest absolute Gasteiger partial charge is 0.481 e. The number of carbonyl (C=O) groups excluding carboxylic acids is 1. The molecule has 110 valence electrons. The number of carboxylic acids is 1. The van der Waals surface area contributed by atoms with Gasteiger partial charge in [-0.25, -0.2) is 0 Å². The third-order valence-corrected chi connectivity index (χ3v) is 4.31. The highest BCUT2D eigenvalue weighted by Gasteiger charge is 2.40. The van der Waals surface area contributed by atoms with Crippen LogP contribution in [0.1, 0.15) is 58.3 Å². The maximum Gasteiger partial charge on any atom is 0.305 e. The summed E-state index contributed by atoms with van der Waals surface area (Å²) < 4.78 is 0. The molecule has 0 aromatic rings. The number of hydrogen-bond acceptors (Lipinski definition) is 3. The number of rotatable bonds is 6. The highest BCUT2D eigenvalue weighted by molar-refractivity contribution is 5.78. The Hall–Kier alpha value is -1.10. The van der Waals surface area contributed by atoms with Gasteiger partial charge in [0.1, 0.15) is 0 Å². The van der Waals surface area contributed by atoms with Crippen LogP contribution in [-0.2, 0) is 9.59 Å². The molecule has 0 aromatic carbocycles. The van der Waals surface area contributed by atoms with E-state index in [2.05, 4.69) is 0 Å². The second-order valence-electron chi connectivity index (χ2n) is 5.68. The smallest absolute Gasteiger partial charge is 0.305 e. The molecule has 1 saturated carbocycles. The maximum absolute atomic E-state index is 12.3. The second kappa shape index (κ2) is 6.89. The Kier molecular flexibility index (Phi) is 5.79. The molecule has 0 heterocycles. The van der Waals surface area contributed by atoms with Crippen LogP contribution in [0.25, 0.3) is 0 Å². The summed E-state index contributed by atoms with van der Waals surface area (Å²) in [5, 5.41) is 9.13. The number of aliphatic carboxylic acids is 1. The van der Waals surface area contributed by atoms with Crippen LogP contribution in [0.3, 0.4) is 0 Å². The van der Waals surface area contributed by atoms with Gasteiger partial charge in [-0.1, -0.05) is 26.2 Å². The summed E-state index contributed by atoms with van der Waals surface area (Å²) in [6.45, 7) is 1.95. The standard InChI is InChI=1S/C14H26N2O3/c1-3-11(15)9-12(17)16(2)14(10-13(18)19)7-5-4-6-8-14/h11H,3-10,15H2,1-2H3,(H,18,19). The van der Waals surface area contributed by atoms with E-state index in [9.17, 15) is 9.59 Å². The lowest BCUT2D eigenvalue weighted by atomic mass is 9.78. The number of amides is 1. The van der Waals surface area contributed by atoms with Crippen molar-refractivity contribution in [1.82, 2.24) is 4.90 Å². The fourth-order valence-corrected chi connectivity index (χ4v) is 2.89. The van der Waals surface area contributed by atoms with Crippen LogP contribution in [-0.4, -0.2) is 40.5 Å². The zero-order valence-electron chi connectivity index (χ0n) is 12.0. The van der Waals surface area contributed by atoms with Gasteiger partial charge in [-0.3, -0.25) is 9.59 Å². The van der Waals surface area contributed by atoms with Crippen molar-refractivity contribution < 1.29 is 14.7 Å². The van der Waals surface area contributed by atoms with E-state index in [1.807, 2.05) is 6.92 Å². The van der Waals surface area contributed by atoms with Gasteiger partial charge in [-0.2, -0.15) is 0 Å². The number of hydrogen-bond donors (Lipinski definition) is 2. The fraction of sp³-hybridized carbons (Fsp3) is 0.857.